The van der Waals surface area contributed by atoms with E-state index < -0.39 is 10.8 Å². The molecule has 1 fully saturated rings. The molecule has 1 aliphatic carbocycles. The molecule has 0 bridgehead atoms. The molecule has 2 atom stereocenters. The molecule has 3 nitrogen and oxygen atoms in total. The van der Waals surface area contributed by atoms with E-state index in [1.807, 2.05) is 31.2 Å². The van der Waals surface area contributed by atoms with Crippen LogP contribution in [0.4, 0.5) is 0 Å². The highest BCUT2D eigenvalue weighted by molar-refractivity contribution is 7.85. The van der Waals surface area contributed by atoms with E-state index in [0.717, 1.165) is 24.2 Å². The van der Waals surface area contributed by atoms with Crippen molar-refractivity contribution in [2.24, 2.45) is 5.73 Å². The fourth-order valence-electron chi connectivity index (χ4n) is 2.63. The fourth-order valence-corrected chi connectivity index (χ4v) is 4.29. The number of para-hydroxylation sites is 1. The summed E-state index contributed by atoms with van der Waals surface area (Å²) in [5.41, 5.74) is 7.19. The summed E-state index contributed by atoms with van der Waals surface area (Å²) < 4.78 is 17.9. The Kier molecular flexibility index (Phi) is 5.40. The van der Waals surface area contributed by atoms with E-state index in [-0.39, 0.29) is 6.04 Å². The summed E-state index contributed by atoms with van der Waals surface area (Å²) in [4.78, 5) is 0. The van der Waals surface area contributed by atoms with E-state index in [1.165, 1.54) is 12.8 Å². The average molecular weight is 281 g/mol. The number of ether oxygens (including phenoxy) is 1. The molecule has 1 saturated carbocycles. The molecule has 2 rings (SSSR count). The topological polar surface area (TPSA) is 52.3 Å². The second-order valence-corrected chi connectivity index (χ2v) is 6.79. The van der Waals surface area contributed by atoms with Gasteiger partial charge in [0.05, 0.1) is 6.61 Å². The van der Waals surface area contributed by atoms with Crippen LogP contribution in [0.25, 0.3) is 0 Å². The molecule has 0 heterocycles. The van der Waals surface area contributed by atoms with Crippen LogP contribution in [0.2, 0.25) is 0 Å². The standard InChI is InChI=1S/C15H23NO2S/c1-2-18-15-10-6-5-9-13(15)14(16)11-19(17)12-7-3-4-8-12/h5-6,9-10,12,14H,2-4,7-8,11,16H2,1H3. The number of hydrogen-bond acceptors (Lipinski definition) is 3. The molecule has 106 valence electrons. The first-order chi connectivity index (χ1) is 9.22. The minimum Gasteiger partial charge on any atom is -0.494 e. The highest BCUT2D eigenvalue weighted by atomic mass is 32.2. The highest BCUT2D eigenvalue weighted by Crippen LogP contribution is 2.28. The van der Waals surface area contributed by atoms with Crippen molar-refractivity contribution < 1.29 is 8.95 Å². The summed E-state index contributed by atoms with van der Waals surface area (Å²) in [5.74, 6) is 1.36. The quantitative estimate of drug-likeness (QED) is 0.872. The van der Waals surface area contributed by atoms with Crippen LogP contribution in [-0.4, -0.2) is 21.8 Å². The monoisotopic (exact) mass is 281 g/mol. The first kappa shape index (κ1) is 14.5. The molecule has 4 heteroatoms. The first-order valence-corrected chi connectivity index (χ1v) is 8.45. The number of hydrogen-bond donors (Lipinski definition) is 1. The van der Waals surface area contributed by atoms with Crippen LogP contribution >= 0.6 is 0 Å². The number of rotatable bonds is 6. The molecule has 0 aliphatic heterocycles. The maximum absolute atomic E-state index is 12.3. The van der Waals surface area contributed by atoms with Crippen molar-refractivity contribution >= 4 is 10.8 Å². The number of benzene rings is 1. The average Bonchev–Trinajstić information content (AvgIpc) is 2.93. The number of nitrogens with two attached hydrogens (primary N) is 1. The second-order valence-electron chi connectivity index (χ2n) is 5.03. The van der Waals surface area contributed by atoms with Gasteiger partial charge in [-0.05, 0) is 25.8 Å². The Labute approximate surface area is 118 Å². The van der Waals surface area contributed by atoms with Gasteiger partial charge in [-0.25, -0.2) is 0 Å². The summed E-state index contributed by atoms with van der Waals surface area (Å²) in [6, 6.07) is 7.59. The van der Waals surface area contributed by atoms with E-state index in [0.29, 0.717) is 17.6 Å². The lowest BCUT2D eigenvalue weighted by molar-refractivity contribution is 0.335. The fraction of sp³-hybridized carbons (Fsp3) is 0.600. The van der Waals surface area contributed by atoms with Crippen LogP contribution in [0.3, 0.4) is 0 Å². The maximum Gasteiger partial charge on any atom is 0.124 e. The van der Waals surface area contributed by atoms with Crippen molar-refractivity contribution in [3.63, 3.8) is 0 Å². The van der Waals surface area contributed by atoms with E-state index in [4.69, 9.17) is 10.5 Å². The predicted octanol–water partition coefficient (Wildman–Crippen LogP) is 2.78. The minimum absolute atomic E-state index is 0.204. The molecular formula is C15H23NO2S. The van der Waals surface area contributed by atoms with Gasteiger partial charge in [-0.1, -0.05) is 31.0 Å². The normalized spacial score (nSPS) is 19.3. The van der Waals surface area contributed by atoms with Crippen molar-refractivity contribution in [1.29, 1.82) is 0 Å². The SMILES string of the molecule is CCOc1ccccc1C(N)CS(=O)C1CCCC1. The predicted molar refractivity (Wildman–Crippen MR) is 79.8 cm³/mol. The van der Waals surface area contributed by atoms with Gasteiger partial charge in [0.15, 0.2) is 0 Å². The van der Waals surface area contributed by atoms with E-state index in [9.17, 15) is 4.21 Å². The van der Waals surface area contributed by atoms with Crippen LogP contribution in [0.1, 0.15) is 44.2 Å². The van der Waals surface area contributed by atoms with Crippen LogP contribution in [0.15, 0.2) is 24.3 Å². The smallest absolute Gasteiger partial charge is 0.124 e. The summed E-state index contributed by atoms with van der Waals surface area (Å²) in [6.45, 7) is 2.58. The van der Waals surface area contributed by atoms with E-state index in [2.05, 4.69) is 0 Å². The zero-order valence-corrected chi connectivity index (χ0v) is 12.3. The molecule has 0 amide bonds. The minimum atomic E-state index is -0.819. The van der Waals surface area contributed by atoms with Gasteiger partial charge in [0.1, 0.15) is 5.75 Å². The Bertz CT molecular complexity index is 430. The van der Waals surface area contributed by atoms with Gasteiger partial charge in [-0.3, -0.25) is 4.21 Å². The molecular weight excluding hydrogens is 258 g/mol. The molecule has 2 unspecified atom stereocenters. The third-order valence-corrected chi connectivity index (χ3v) is 5.54. The third kappa shape index (κ3) is 3.80. The molecule has 0 aromatic heterocycles. The van der Waals surface area contributed by atoms with Crippen LogP contribution in [0.5, 0.6) is 5.75 Å². The van der Waals surface area contributed by atoms with Crippen molar-refractivity contribution in [3.8, 4) is 5.75 Å². The van der Waals surface area contributed by atoms with Gasteiger partial charge in [0.25, 0.3) is 0 Å². The molecule has 0 radical (unpaired) electrons. The van der Waals surface area contributed by atoms with Gasteiger partial charge < -0.3 is 10.5 Å². The lowest BCUT2D eigenvalue weighted by Gasteiger charge is -2.18. The van der Waals surface area contributed by atoms with E-state index in [1.54, 1.807) is 0 Å². The van der Waals surface area contributed by atoms with Gasteiger partial charge >= 0.3 is 0 Å². The first-order valence-electron chi connectivity index (χ1n) is 7.07. The van der Waals surface area contributed by atoms with Gasteiger partial charge in [0.2, 0.25) is 0 Å². The Balaban J connectivity index is 2.02. The summed E-state index contributed by atoms with van der Waals surface area (Å²) in [6.07, 6.45) is 4.60. The molecule has 2 N–H and O–H groups in total. The van der Waals surface area contributed by atoms with Crippen LogP contribution < -0.4 is 10.5 Å². The molecule has 1 aliphatic rings. The molecule has 0 spiro atoms. The molecule has 1 aromatic rings. The van der Waals surface area contributed by atoms with Gasteiger partial charge in [-0.15, -0.1) is 0 Å². The Morgan fingerprint density at radius 3 is 2.74 bits per heavy atom. The largest absolute Gasteiger partial charge is 0.494 e. The lowest BCUT2D eigenvalue weighted by Crippen LogP contribution is -2.24. The van der Waals surface area contributed by atoms with Crippen molar-refractivity contribution in [1.82, 2.24) is 0 Å². The Morgan fingerprint density at radius 2 is 2.05 bits per heavy atom. The molecule has 1 aromatic carbocycles. The summed E-state index contributed by atoms with van der Waals surface area (Å²) >= 11 is 0. The molecule has 0 saturated heterocycles. The van der Waals surface area contributed by atoms with Crippen molar-refractivity contribution in [2.45, 2.75) is 43.9 Å². The second kappa shape index (κ2) is 7.06. The summed E-state index contributed by atoms with van der Waals surface area (Å²) in [7, 11) is -0.819. The lowest BCUT2D eigenvalue weighted by atomic mass is 10.1. The van der Waals surface area contributed by atoms with Crippen LogP contribution in [-0.2, 0) is 10.8 Å². The third-order valence-electron chi connectivity index (χ3n) is 3.64. The summed E-state index contributed by atoms with van der Waals surface area (Å²) in [5, 5.41) is 0.352. The zero-order valence-electron chi connectivity index (χ0n) is 11.5. The van der Waals surface area contributed by atoms with E-state index >= 15 is 0 Å². The maximum atomic E-state index is 12.3. The Morgan fingerprint density at radius 1 is 1.37 bits per heavy atom. The van der Waals surface area contributed by atoms with Gasteiger partial charge in [-0.2, -0.15) is 0 Å². The highest BCUT2D eigenvalue weighted by Gasteiger charge is 2.24. The van der Waals surface area contributed by atoms with Crippen molar-refractivity contribution in [2.75, 3.05) is 12.4 Å². The zero-order chi connectivity index (χ0) is 13.7. The molecule has 19 heavy (non-hydrogen) atoms. The van der Waals surface area contributed by atoms with Crippen LogP contribution in [0, 0.1) is 0 Å². The Hall–Kier alpha value is -0.870. The van der Waals surface area contributed by atoms with Crippen molar-refractivity contribution in [3.05, 3.63) is 29.8 Å². The van der Waals surface area contributed by atoms with Gasteiger partial charge in [0, 0.05) is 33.4 Å².